The molecule has 1 aromatic heterocycles. The van der Waals surface area contributed by atoms with Gasteiger partial charge in [-0.25, -0.2) is 0 Å². The summed E-state index contributed by atoms with van der Waals surface area (Å²) in [5.41, 5.74) is 1.21. The summed E-state index contributed by atoms with van der Waals surface area (Å²) in [4.78, 5) is 4.30. The molecule has 0 N–H and O–H groups in total. The van der Waals surface area contributed by atoms with Crippen LogP contribution in [0.25, 0.3) is 0 Å². The first-order valence-corrected chi connectivity index (χ1v) is 4.60. The third kappa shape index (κ3) is 2.65. The normalized spacial score (nSPS) is 13.3. The van der Waals surface area contributed by atoms with Gasteiger partial charge in [0, 0.05) is 11.9 Å². The van der Waals surface area contributed by atoms with Crippen molar-refractivity contribution in [1.29, 1.82) is 0 Å². The van der Waals surface area contributed by atoms with E-state index in [4.69, 9.17) is 0 Å². The molecule has 1 rings (SSSR count). The van der Waals surface area contributed by atoms with Gasteiger partial charge in [0.15, 0.2) is 0 Å². The Bertz CT molecular complexity index is 216. The third-order valence-corrected chi connectivity index (χ3v) is 2.40. The van der Waals surface area contributed by atoms with Crippen LogP contribution in [-0.4, -0.2) is 4.98 Å². The lowest BCUT2D eigenvalue weighted by Gasteiger charge is -2.14. The van der Waals surface area contributed by atoms with Crippen molar-refractivity contribution in [2.24, 2.45) is 11.8 Å². The number of rotatable bonds is 3. The van der Waals surface area contributed by atoms with E-state index in [0.717, 1.165) is 18.3 Å². The van der Waals surface area contributed by atoms with Crippen molar-refractivity contribution in [3.63, 3.8) is 0 Å². The molecule has 12 heavy (non-hydrogen) atoms. The Morgan fingerprint density at radius 1 is 1.25 bits per heavy atom. The third-order valence-electron chi connectivity index (χ3n) is 2.40. The predicted octanol–water partition coefficient (Wildman–Crippen LogP) is 2.92. The molecule has 1 heteroatoms. The Balaban J connectivity index is 2.53. The zero-order valence-corrected chi connectivity index (χ0v) is 8.12. The predicted molar refractivity (Wildman–Crippen MR) is 51.9 cm³/mol. The van der Waals surface area contributed by atoms with E-state index in [2.05, 4.69) is 37.9 Å². The van der Waals surface area contributed by atoms with Crippen LogP contribution >= 0.6 is 0 Å². The van der Waals surface area contributed by atoms with Crippen LogP contribution in [0.5, 0.6) is 0 Å². The van der Waals surface area contributed by atoms with Crippen LogP contribution in [-0.2, 0) is 6.42 Å². The maximum Gasteiger partial charge on any atom is 0.0406 e. The molecule has 1 aromatic rings. The molecule has 1 nitrogen and oxygen atoms in total. The zero-order chi connectivity index (χ0) is 8.97. The fourth-order valence-electron chi connectivity index (χ4n) is 1.08. The van der Waals surface area contributed by atoms with Gasteiger partial charge in [-0.1, -0.05) is 26.8 Å². The lowest BCUT2D eigenvalue weighted by molar-refractivity contribution is 0.414. The van der Waals surface area contributed by atoms with Gasteiger partial charge in [-0.15, -0.1) is 0 Å². The molecule has 0 aliphatic carbocycles. The minimum atomic E-state index is 0.722. The summed E-state index contributed by atoms with van der Waals surface area (Å²) in [5, 5.41) is 0. The minimum absolute atomic E-state index is 0.722. The smallest absolute Gasteiger partial charge is 0.0406 e. The lowest BCUT2D eigenvalue weighted by Crippen LogP contribution is -2.08. The minimum Gasteiger partial charge on any atom is -0.261 e. The molecule has 0 spiro atoms. The van der Waals surface area contributed by atoms with Gasteiger partial charge in [-0.3, -0.25) is 4.98 Å². The number of pyridine rings is 1. The van der Waals surface area contributed by atoms with Crippen LogP contribution in [0.3, 0.4) is 0 Å². The highest BCUT2D eigenvalue weighted by atomic mass is 14.7. The number of hydrogen-bond donors (Lipinski definition) is 0. The molecule has 0 saturated heterocycles. The standard InChI is InChI=1S/C11H17N/c1-9(2)10(3)8-11-6-4-5-7-12-11/h4-7,9-10H,8H2,1-3H3/t10-/m0/s1. The SMILES string of the molecule is CC(C)[C@@H](C)Cc1ccccn1. The van der Waals surface area contributed by atoms with Crippen molar-refractivity contribution >= 4 is 0 Å². The van der Waals surface area contributed by atoms with Crippen LogP contribution in [0.1, 0.15) is 26.5 Å². The Labute approximate surface area is 74.8 Å². The van der Waals surface area contributed by atoms with Gasteiger partial charge in [0.25, 0.3) is 0 Å². The van der Waals surface area contributed by atoms with Crippen LogP contribution < -0.4 is 0 Å². The van der Waals surface area contributed by atoms with Crippen LogP contribution in [0.4, 0.5) is 0 Å². The summed E-state index contributed by atoms with van der Waals surface area (Å²) in [6.07, 6.45) is 2.96. The first-order chi connectivity index (χ1) is 5.70. The fourth-order valence-corrected chi connectivity index (χ4v) is 1.08. The molecule has 0 aliphatic rings. The van der Waals surface area contributed by atoms with Gasteiger partial charge in [0.05, 0.1) is 0 Å². The number of nitrogens with zero attached hydrogens (tertiary/aromatic N) is 1. The van der Waals surface area contributed by atoms with E-state index in [9.17, 15) is 0 Å². The van der Waals surface area contributed by atoms with Gasteiger partial charge < -0.3 is 0 Å². The molecule has 0 fully saturated rings. The van der Waals surface area contributed by atoms with E-state index in [1.54, 1.807) is 0 Å². The first-order valence-electron chi connectivity index (χ1n) is 4.60. The van der Waals surface area contributed by atoms with E-state index in [1.807, 2.05) is 12.3 Å². The topological polar surface area (TPSA) is 12.9 Å². The summed E-state index contributed by atoms with van der Waals surface area (Å²) in [7, 11) is 0. The lowest BCUT2D eigenvalue weighted by atomic mass is 9.93. The molecule has 1 heterocycles. The van der Waals surface area contributed by atoms with E-state index >= 15 is 0 Å². The molecule has 0 amide bonds. The van der Waals surface area contributed by atoms with E-state index in [0.29, 0.717) is 0 Å². The van der Waals surface area contributed by atoms with Crippen molar-refractivity contribution in [3.8, 4) is 0 Å². The van der Waals surface area contributed by atoms with E-state index in [1.165, 1.54) is 5.69 Å². The molecule has 66 valence electrons. The van der Waals surface area contributed by atoms with E-state index in [-0.39, 0.29) is 0 Å². The monoisotopic (exact) mass is 163 g/mol. The highest BCUT2D eigenvalue weighted by Crippen LogP contribution is 2.14. The van der Waals surface area contributed by atoms with Gasteiger partial charge in [-0.2, -0.15) is 0 Å². The molecule has 0 aliphatic heterocycles. The highest BCUT2D eigenvalue weighted by Gasteiger charge is 2.07. The summed E-state index contributed by atoms with van der Waals surface area (Å²) >= 11 is 0. The summed E-state index contributed by atoms with van der Waals surface area (Å²) in [6.45, 7) is 6.79. The fraction of sp³-hybridized carbons (Fsp3) is 0.545. The Morgan fingerprint density at radius 2 is 2.00 bits per heavy atom. The second-order valence-corrected chi connectivity index (χ2v) is 3.75. The largest absolute Gasteiger partial charge is 0.261 e. The number of hydrogen-bond acceptors (Lipinski definition) is 1. The molecule has 0 bridgehead atoms. The van der Waals surface area contributed by atoms with Crippen LogP contribution in [0.15, 0.2) is 24.4 Å². The second-order valence-electron chi connectivity index (χ2n) is 3.75. The Kier molecular flexibility index (Phi) is 3.27. The molecule has 0 aromatic carbocycles. The van der Waals surface area contributed by atoms with Gasteiger partial charge >= 0.3 is 0 Å². The van der Waals surface area contributed by atoms with E-state index < -0.39 is 0 Å². The molecular weight excluding hydrogens is 146 g/mol. The maximum atomic E-state index is 4.30. The van der Waals surface area contributed by atoms with Crippen LogP contribution in [0.2, 0.25) is 0 Å². The quantitative estimate of drug-likeness (QED) is 0.667. The van der Waals surface area contributed by atoms with Crippen molar-refractivity contribution in [3.05, 3.63) is 30.1 Å². The summed E-state index contributed by atoms with van der Waals surface area (Å²) < 4.78 is 0. The Hall–Kier alpha value is -0.850. The molecule has 0 saturated carbocycles. The second kappa shape index (κ2) is 4.24. The Morgan fingerprint density at radius 3 is 2.50 bits per heavy atom. The van der Waals surface area contributed by atoms with Crippen molar-refractivity contribution in [2.45, 2.75) is 27.2 Å². The first kappa shape index (κ1) is 9.24. The zero-order valence-electron chi connectivity index (χ0n) is 8.12. The average Bonchev–Trinajstić information content (AvgIpc) is 2.06. The van der Waals surface area contributed by atoms with Crippen molar-refractivity contribution < 1.29 is 0 Å². The van der Waals surface area contributed by atoms with Crippen molar-refractivity contribution in [1.82, 2.24) is 4.98 Å². The summed E-state index contributed by atoms with van der Waals surface area (Å²) in [5.74, 6) is 1.46. The molecule has 0 unspecified atom stereocenters. The average molecular weight is 163 g/mol. The molecule has 1 atom stereocenters. The highest BCUT2D eigenvalue weighted by molar-refractivity contribution is 5.04. The molecule has 0 radical (unpaired) electrons. The maximum absolute atomic E-state index is 4.30. The van der Waals surface area contributed by atoms with Gasteiger partial charge in [0.1, 0.15) is 0 Å². The van der Waals surface area contributed by atoms with Crippen molar-refractivity contribution in [2.75, 3.05) is 0 Å². The number of aromatic nitrogens is 1. The molecular formula is C11H17N. The van der Waals surface area contributed by atoms with Gasteiger partial charge in [0.2, 0.25) is 0 Å². The van der Waals surface area contributed by atoms with Gasteiger partial charge in [-0.05, 0) is 30.4 Å². The van der Waals surface area contributed by atoms with Crippen LogP contribution in [0, 0.1) is 11.8 Å². The summed E-state index contributed by atoms with van der Waals surface area (Å²) in [6, 6.07) is 6.11.